The van der Waals surface area contributed by atoms with Gasteiger partial charge in [-0.3, -0.25) is 9.89 Å². The Bertz CT molecular complexity index is 773. The fourth-order valence-electron chi connectivity index (χ4n) is 3.31. The average Bonchev–Trinajstić information content (AvgIpc) is 3.09. The summed E-state index contributed by atoms with van der Waals surface area (Å²) in [6.45, 7) is 5.05. The molecule has 1 aromatic heterocycles. The molecule has 7 heteroatoms. The summed E-state index contributed by atoms with van der Waals surface area (Å²) in [6, 6.07) is 7.60. The van der Waals surface area contributed by atoms with Gasteiger partial charge in [0.05, 0.1) is 6.54 Å². The quantitative estimate of drug-likeness (QED) is 0.877. The van der Waals surface area contributed by atoms with Crippen molar-refractivity contribution >= 4 is 5.91 Å². The van der Waals surface area contributed by atoms with Crippen molar-refractivity contribution in [2.75, 3.05) is 26.2 Å². The molecule has 4 rings (SSSR count). The zero-order chi connectivity index (χ0) is 17.2. The Morgan fingerprint density at radius 2 is 2.20 bits per heavy atom. The highest BCUT2D eigenvalue weighted by Crippen LogP contribution is 2.31. The summed E-state index contributed by atoms with van der Waals surface area (Å²) < 4.78 is 11.7. The summed E-state index contributed by atoms with van der Waals surface area (Å²) in [5.41, 5.74) is 2.56. The highest BCUT2D eigenvalue weighted by Gasteiger charge is 2.29. The van der Waals surface area contributed by atoms with Crippen molar-refractivity contribution in [1.82, 2.24) is 20.4 Å². The van der Waals surface area contributed by atoms with Gasteiger partial charge in [0.1, 0.15) is 6.61 Å². The van der Waals surface area contributed by atoms with Gasteiger partial charge in [-0.05, 0) is 19.1 Å². The Kier molecular flexibility index (Phi) is 4.31. The first-order valence-corrected chi connectivity index (χ1v) is 8.71. The molecule has 0 saturated carbocycles. The molecule has 132 valence electrons. The number of nitrogens with one attached hydrogen (secondary N) is 2. The fraction of sp³-hybridized carbons (Fsp3) is 0.444. The van der Waals surface area contributed by atoms with Crippen molar-refractivity contribution in [2.24, 2.45) is 0 Å². The number of para-hydroxylation sites is 2. The van der Waals surface area contributed by atoms with Crippen LogP contribution in [0.4, 0.5) is 0 Å². The van der Waals surface area contributed by atoms with Crippen molar-refractivity contribution in [1.29, 1.82) is 0 Å². The van der Waals surface area contributed by atoms with Crippen molar-refractivity contribution < 1.29 is 14.3 Å². The van der Waals surface area contributed by atoms with E-state index in [4.69, 9.17) is 9.47 Å². The van der Waals surface area contributed by atoms with E-state index in [1.807, 2.05) is 31.2 Å². The van der Waals surface area contributed by atoms with Gasteiger partial charge < -0.3 is 19.7 Å². The van der Waals surface area contributed by atoms with Crippen LogP contribution in [0.2, 0.25) is 0 Å². The number of likely N-dealkylation sites (N-methyl/N-ethyl adjacent to an activating group) is 1. The Morgan fingerprint density at radius 3 is 3.04 bits per heavy atom. The highest BCUT2D eigenvalue weighted by atomic mass is 16.6. The van der Waals surface area contributed by atoms with E-state index in [2.05, 4.69) is 15.5 Å². The Balaban J connectivity index is 1.48. The van der Waals surface area contributed by atoms with E-state index in [1.54, 1.807) is 4.90 Å². The summed E-state index contributed by atoms with van der Waals surface area (Å²) in [5, 5.41) is 10.6. The van der Waals surface area contributed by atoms with Gasteiger partial charge >= 0.3 is 0 Å². The summed E-state index contributed by atoms with van der Waals surface area (Å²) in [7, 11) is 0. The lowest BCUT2D eigenvalue weighted by atomic mass is 10.1. The molecule has 0 spiro atoms. The molecule has 1 unspecified atom stereocenters. The molecular weight excluding hydrogens is 320 g/mol. The average molecular weight is 342 g/mol. The number of amides is 1. The molecule has 1 aromatic carbocycles. The molecule has 0 radical (unpaired) electrons. The number of hydrogen-bond donors (Lipinski definition) is 2. The number of hydrogen-bond acceptors (Lipinski definition) is 5. The first-order valence-electron chi connectivity index (χ1n) is 8.71. The molecule has 1 atom stereocenters. The summed E-state index contributed by atoms with van der Waals surface area (Å²) >= 11 is 0. The number of rotatable bonds is 4. The Hall–Kier alpha value is -2.54. The maximum Gasteiger partial charge on any atom is 0.274 e. The van der Waals surface area contributed by atoms with Gasteiger partial charge in [-0.25, -0.2) is 0 Å². The number of aromatic nitrogens is 2. The number of ether oxygens (including phenoxy) is 2. The SMILES string of the molecule is CCN(CC1COc2ccccc2O1)C(=O)c1n[nH]c2c1CNCC2. The van der Waals surface area contributed by atoms with Crippen molar-refractivity contribution in [2.45, 2.75) is 26.0 Å². The largest absolute Gasteiger partial charge is 0.486 e. The van der Waals surface area contributed by atoms with E-state index in [0.29, 0.717) is 31.9 Å². The van der Waals surface area contributed by atoms with Crippen LogP contribution in [-0.4, -0.2) is 53.3 Å². The van der Waals surface area contributed by atoms with Gasteiger partial charge in [0.15, 0.2) is 23.3 Å². The summed E-state index contributed by atoms with van der Waals surface area (Å²) in [5.74, 6) is 1.41. The second-order valence-electron chi connectivity index (χ2n) is 6.30. The zero-order valence-electron chi connectivity index (χ0n) is 14.2. The molecule has 2 aliphatic heterocycles. The van der Waals surface area contributed by atoms with Gasteiger partial charge in [0.2, 0.25) is 0 Å². The van der Waals surface area contributed by atoms with E-state index >= 15 is 0 Å². The van der Waals surface area contributed by atoms with Crippen LogP contribution in [0.15, 0.2) is 24.3 Å². The number of H-pyrrole nitrogens is 1. The second kappa shape index (κ2) is 6.76. The zero-order valence-corrected chi connectivity index (χ0v) is 14.2. The molecular formula is C18H22N4O3. The minimum atomic E-state index is -0.188. The predicted molar refractivity (Wildman–Crippen MR) is 91.9 cm³/mol. The van der Waals surface area contributed by atoms with E-state index < -0.39 is 0 Å². The van der Waals surface area contributed by atoms with Crippen LogP contribution in [0.1, 0.15) is 28.7 Å². The minimum absolute atomic E-state index is 0.0637. The van der Waals surface area contributed by atoms with Crippen LogP contribution in [0.3, 0.4) is 0 Å². The molecule has 2 aliphatic rings. The van der Waals surface area contributed by atoms with Crippen molar-refractivity contribution in [3.05, 3.63) is 41.2 Å². The van der Waals surface area contributed by atoms with E-state index in [-0.39, 0.29) is 12.0 Å². The number of carbonyl (C=O) groups is 1. The lowest BCUT2D eigenvalue weighted by Gasteiger charge is -2.30. The van der Waals surface area contributed by atoms with Crippen LogP contribution in [0, 0.1) is 0 Å². The summed E-state index contributed by atoms with van der Waals surface area (Å²) in [6.07, 6.45) is 0.685. The lowest BCUT2D eigenvalue weighted by molar-refractivity contribution is 0.0470. The smallest absolute Gasteiger partial charge is 0.274 e. The third-order valence-electron chi connectivity index (χ3n) is 4.67. The molecule has 0 bridgehead atoms. The van der Waals surface area contributed by atoms with Crippen LogP contribution in [0.25, 0.3) is 0 Å². The normalized spacial score (nSPS) is 18.5. The predicted octanol–water partition coefficient (Wildman–Crippen LogP) is 1.36. The number of aromatic amines is 1. The monoisotopic (exact) mass is 342 g/mol. The van der Waals surface area contributed by atoms with Crippen molar-refractivity contribution in [3.8, 4) is 11.5 Å². The molecule has 0 aliphatic carbocycles. The molecule has 1 amide bonds. The Morgan fingerprint density at radius 1 is 1.36 bits per heavy atom. The van der Waals surface area contributed by atoms with E-state index in [9.17, 15) is 4.79 Å². The number of fused-ring (bicyclic) bond motifs is 2. The summed E-state index contributed by atoms with van der Waals surface area (Å²) in [4.78, 5) is 14.7. The number of nitrogens with zero attached hydrogens (tertiary/aromatic N) is 2. The van der Waals surface area contributed by atoms with Gasteiger partial charge in [0.25, 0.3) is 5.91 Å². The van der Waals surface area contributed by atoms with Crippen molar-refractivity contribution in [3.63, 3.8) is 0 Å². The van der Waals surface area contributed by atoms with Crippen LogP contribution < -0.4 is 14.8 Å². The molecule has 2 aromatic rings. The van der Waals surface area contributed by atoms with Gasteiger partial charge in [-0.1, -0.05) is 12.1 Å². The maximum absolute atomic E-state index is 12.9. The topological polar surface area (TPSA) is 79.5 Å². The van der Waals surface area contributed by atoms with Gasteiger partial charge in [0, 0.05) is 37.3 Å². The molecule has 0 saturated heterocycles. The molecule has 3 heterocycles. The molecule has 2 N–H and O–H groups in total. The van der Waals surface area contributed by atoms with Crippen LogP contribution in [0.5, 0.6) is 11.5 Å². The standard InChI is InChI=1S/C18H22N4O3/c1-2-22(10-12-11-24-15-5-3-4-6-16(15)25-12)18(23)17-13-9-19-8-7-14(13)20-21-17/h3-6,12,19H,2,7-11H2,1H3,(H,20,21). The van der Waals surface area contributed by atoms with Crippen LogP contribution in [-0.2, 0) is 13.0 Å². The molecule has 25 heavy (non-hydrogen) atoms. The first kappa shape index (κ1) is 16.0. The third-order valence-corrected chi connectivity index (χ3v) is 4.67. The minimum Gasteiger partial charge on any atom is -0.486 e. The van der Waals surface area contributed by atoms with Gasteiger partial charge in [-0.15, -0.1) is 0 Å². The van der Waals surface area contributed by atoms with Crippen LogP contribution >= 0.6 is 0 Å². The molecule has 7 nitrogen and oxygen atoms in total. The fourth-order valence-corrected chi connectivity index (χ4v) is 3.31. The molecule has 0 fully saturated rings. The second-order valence-corrected chi connectivity index (χ2v) is 6.30. The van der Waals surface area contributed by atoms with E-state index in [0.717, 1.165) is 35.7 Å². The highest BCUT2D eigenvalue weighted by molar-refractivity contribution is 5.94. The number of carbonyl (C=O) groups excluding carboxylic acids is 1. The first-order chi connectivity index (χ1) is 12.3. The van der Waals surface area contributed by atoms with E-state index in [1.165, 1.54) is 0 Å². The Labute approximate surface area is 146 Å². The number of benzene rings is 1. The maximum atomic E-state index is 12.9. The third kappa shape index (κ3) is 3.07. The van der Waals surface area contributed by atoms with Gasteiger partial charge in [-0.2, -0.15) is 5.10 Å². The lowest BCUT2D eigenvalue weighted by Crippen LogP contribution is -2.44.